The van der Waals surface area contributed by atoms with E-state index in [2.05, 4.69) is 5.10 Å². The van der Waals surface area contributed by atoms with Crippen LogP contribution in [0.3, 0.4) is 0 Å². The second kappa shape index (κ2) is 8.64. The summed E-state index contributed by atoms with van der Waals surface area (Å²) in [6.45, 7) is 3.71. The van der Waals surface area contributed by atoms with Gasteiger partial charge in [0.05, 0.1) is 27.5 Å². The molecule has 174 valence electrons. The first-order chi connectivity index (χ1) is 15.6. The summed E-state index contributed by atoms with van der Waals surface area (Å²) in [5.74, 6) is -3.04. The minimum atomic E-state index is -4.03. The number of carbonyl (C=O) groups is 1. The van der Waals surface area contributed by atoms with E-state index in [-0.39, 0.29) is 42.8 Å². The zero-order chi connectivity index (χ0) is 23.9. The summed E-state index contributed by atoms with van der Waals surface area (Å²) < 4.78 is 68.2. The fraction of sp³-hybridized carbons (Fsp3) is 0.273. The van der Waals surface area contributed by atoms with Crippen LogP contribution in [0.25, 0.3) is 5.69 Å². The Morgan fingerprint density at radius 3 is 2.15 bits per heavy atom. The Hall–Kier alpha value is -3.18. The molecule has 1 aliphatic heterocycles. The topological polar surface area (TPSA) is 75.5 Å². The standard InChI is InChI=1S/C22H21F3N4O3S/c1-14-21(15(2)29(26-14)17-5-3-16(23)4-6-17)22(30)27-9-11-28(12-10-27)33(31,32)18-7-8-19(24)20(25)13-18/h3-8,13H,9-12H2,1-2H3. The Morgan fingerprint density at radius 1 is 0.909 bits per heavy atom. The molecule has 1 amide bonds. The van der Waals surface area contributed by atoms with Gasteiger partial charge in [0, 0.05) is 26.2 Å². The molecule has 1 aliphatic rings. The smallest absolute Gasteiger partial charge is 0.257 e. The van der Waals surface area contributed by atoms with Crippen LogP contribution in [0.2, 0.25) is 0 Å². The van der Waals surface area contributed by atoms with Gasteiger partial charge in [0.1, 0.15) is 5.82 Å². The predicted octanol–water partition coefficient (Wildman–Crippen LogP) is 3.05. The number of piperazine rings is 1. The molecule has 3 aromatic rings. The third kappa shape index (κ3) is 4.25. The first kappa shape index (κ1) is 23.0. The Bertz CT molecular complexity index is 1320. The van der Waals surface area contributed by atoms with E-state index >= 15 is 0 Å². The fourth-order valence-electron chi connectivity index (χ4n) is 3.86. The predicted molar refractivity (Wildman–Crippen MR) is 114 cm³/mol. The van der Waals surface area contributed by atoms with E-state index in [0.717, 1.165) is 16.4 Å². The third-order valence-electron chi connectivity index (χ3n) is 5.63. The molecule has 0 saturated carbocycles. The van der Waals surface area contributed by atoms with Gasteiger partial charge in [-0.05, 0) is 56.3 Å². The fourth-order valence-corrected chi connectivity index (χ4v) is 5.30. The Balaban J connectivity index is 1.51. The van der Waals surface area contributed by atoms with Crippen molar-refractivity contribution in [3.05, 3.63) is 76.9 Å². The number of carbonyl (C=O) groups excluding carboxylic acids is 1. The quantitative estimate of drug-likeness (QED) is 0.578. The van der Waals surface area contributed by atoms with E-state index in [1.165, 1.54) is 17.0 Å². The third-order valence-corrected chi connectivity index (χ3v) is 7.53. The minimum Gasteiger partial charge on any atom is -0.336 e. The zero-order valence-corrected chi connectivity index (χ0v) is 18.7. The van der Waals surface area contributed by atoms with Crippen LogP contribution in [0.15, 0.2) is 47.4 Å². The van der Waals surface area contributed by atoms with Gasteiger partial charge in [0.2, 0.25) is 10.0 Å². The average molecular weight is 478 g/mol. The van der Waals surface area contributed by atoms with E-state index in [1.807, 2.05) is 0 Å². The number of hydrogen-bond acceptors (Lipinski definition) is 4. The lowest BCUT2D eigenvalue weighted by molar-refractivity contribution is 0.0696. The van der Waals surface area contributed by atoms with E-state index < -0.39 is 21.7 Å². The Labute approximate surface area is 189 Å². The molecule has 2 heterocycles. The highest BCUT2D eigenvalue weighted by molar-refractivity contribution is 7.89. The molecule has 0 atom stereocenters. The van der Waals surface area contributed by atoms with Gasteiger partial charge in [0.15, 0.2) is 11.6 Å². The minimum absolute atomic E-state index is 0.0112. The molecule has 11 heteroatoms. The molecule has 0 unspecified atom stereocenters. The molecule has 1 fully saturated rings. The number of aromatic nitrogens is 2. The summed E-state index contributed by atoms with van der Waals surface area (Å²) in [5, 5.41) is 4.41. The van der Waals surface area contributed by atoms with Crippen molar-refractivity contribution in [2.75, 3.05) is 26.2 Å². The van der Waals surface area contributed by atoms with Gasteiger partial charge in [-0.25, -0.2) is 26.3 Å². The summed E-state index contributed by atoms with van der Waals surface area (Å²) >= 11 is 0. The Morgan fingerprint density at radius 2 is 1.55 bits per heavy atom. The van der Waals surface area contributed by atoms with Gasteiger partial charge in [0.25, 0.3) is 5.91 Å². The number of sulfonamides is 1. The second-order valence-corrected chi connectivity index (χ2v) is 9.64. The molecule has 7 nitrogen and oxygen atoms in total. The van der Waals surface area contributed by atoms with Gasteiger partial charge < -0.3 is 4.90 Å². The summed E-state index contributed by atoms with van der Waals surface area (Å²) in [7, 11) is -4.03. The lowest BCUT2D eigenvalue weighted by Gasteiger charge is -2.34. The van der Waals surface area contributed by atoms with Crippen molar-refractivity contribution in [3.63, 3.8) is 0 Å². The van der Waals surface area contributed by atoms with Crippen LogP contribution in [-0.2, 0) is 10.0 Å². The number of hydrogen-bond donors (Lipinski definition) is 0. The number of halogens is 3. The van der Waals surface area contributed by atoms with Crippen LogP contribution in [0.5, 0.6) is 0 Å². The van der Waals surface area contributed by atoms with Crippen molar-refractivity contribution in [1.82, 2.24) is 19.0 Å². The van der Waals surface area contributed by atoms with Crippen molar-refractivity contribution < 1.29 is 26.4 Å². The molecule has 2 aromatic carbocycles. The maximum atomic E-state index is 13.5. The van der Waals surface area contributed by atoms with Crippen molar-refractivity contribution in [3.8, 4) is 5.69 Å². The van der Waals surface area contributed by atoms with Gasteiger partial charge in [-0.15, -0.1) is 0 Å². The maximum absolute atomic E-state index is 13.5. The van der Waals surface area contributed by atoms with Crippen molar-refractivity contribution in [2.45, 2.75) is 18.7 Å². The molecule has 1 aromatic heterocycles. The first-order valence-electron chi connectivity index (χ1n) is 10.2. The lowest BCUT2D eigenvalue weighted by Crippen LogP contribution is -2.50. The second-order valence-electron chi connectivity index (χ2n) is 7.71. The molecule has 0 N–H and O–H groups in total. The van der Waals surface area contributed by atoms with Crippen LogP contribution in [-0.4, -0.2) is 59.5 Å². The van der Waals surface area contributed by atoms with Crippen LogP contribution < -0.4 is 0 Å². The molecular weight excluding hydrogens is 457 g/mol. The number of amides is 1. The number of aryl methyl sites for hydroxylation is 1. The molecule has 0 radical (unpaired) electrons. The van der Waals surface area contributed by atoms with Crippen molar-refractivity contribution in [1.29, 1.82) is 0 Å². The Kier molecular flexibility index (Phi) is 6.02. The number of nitrogens with zero attached hydrogens (tertiary/aromatic N) is 4. The van der Waals surface area contributed by atoms with E-state index in [9.17, 15) is 26.4 Å². The highest BCUT2D eigenvalue weighted by Gasteiger charge is 2.32. The normalized spacial score (nSPS) is 15.1. The summed E-state index contributed by atoms with van der Waals surface area (Å²) in [4.78, 5) is 14.4. The molecule has 0 spiro atoms. The molecule has 0 aliphatic carbocycles. The average Bonchev–Trinajstić information content (AvgIpc) is 3.09. The van der Waals surface area contributed by atoms with Gasteiger partial charge in [-0.2, -0.15) is 9.40 Å². The summed E-state index contributed by atoms with van der Waals surface area (Å²) in [5.41, 5.74) is 2.09. The highest BCUT2D eigenvalue weighted by Crippen LogP contribution is 2.23. The lowest BCUT2D eigenvalue weighted by atomic mass is 10.1. The van der Waals surface area contributed by atoms with Crippen LogP contribution in [0, 0.1) is 31.3 Å². The molecule has 4 rings (SSSR count). The van der Waals surface area contributed by atoms with E-state index in [4.69, 9.17) is 0 Å². The van der Waals surface area contributed by atoms with Crippen LogP contribution in [0.4, 0.5) is 13.2 Å². The molecule has 1 saturated heterocycles. The van der Waals surface area contributed by atoms with Crippen LogP contribution in [0.1, 0.15) is 21.7 Å². The maximum Gasteiger partial charge on any atom is 0.257 e. The molecular formula is C22H21F3N4O3S. The monoisotopic (exact) mass is 478 g/mol. The molecule has 0 bridgehead atoms. The number of rotatable bonds is 4. The first-order valence-corrected chi connectivity index (χ1v) is 11.6. The largest absolute Gasteiger partial charge is 0.336 e. The van der Waals surface area contributed by atoms with Gasteiger partial charge in [-0.1, -0.05) is 0 Å². The van der Waals surface area contributed by atoms with Gasteiger partial charge >= 0.3 is 0 Å². The highest BCUT2D eigenvalue weighted by atomic mass is 32.2. The van der Waals surface area contributed by atoms with Crippen LogP contribution >= 0.6 is 0 Å². The van der Waals surface area contributed by atoms with E-state index in [0.29, 0.717) is 28.7 Å². The van der Waals surface area contributed by atoms with E-state index in [1.54, 1.807) is 30.7 Å². The van der Waals surface area contributed by atoms with Crippen molar-refractivity contribution >= 4 is 15.9 Å². The van der Waals surface area contributed by atoms with Gasteiger partial charge in [-0.3, -0.25) is 4.79 Å². The molecule has 33 heavy (non-hydrogen) atoms. The zero-order valence-electron chi connectivity index (χ0n) is 17.9. The SMILES string of the molecule is Cc1nn(-c2ccc(F)cc2)c(C)c1C(=O)N1CCN(S(=O)(=O)c2ccc(F)c(F)c2)CC1. The number of benzene rings is 2. The summed E-state index contributed by atoms with van der Waals surface area (Å²) in [6.07, 6.45) is 0. The summed E-state index contributed by atoms with van der Waals surface area (Å²) in [6, 6.07) is 8.17. The van der Waals surface area contributed by atoms with Crippen molar-refractivity contribution in [2.24, 2.45) is 0 Å².